The third-order valence-corrected chi connectivity index (χ3v) is 5.56. The Morgan fingerprint density at radius 2 is 2.05 bits per heavy atom. The van der Waals surface area contributed by atoms with Crippen molar-refractivity contribution < 1.29 is 18.3 Å². The molecule has 1 rings (SSSR count). The predicted octanol–water partition coefficient (Wildman–Crippen LogP) is 1.83. The zero-order chi connectivity index (χ0) is 16.0. The van der Waals surface area contributed by atoms with Crippen LogP contribution in [0.4, 0.5) is 0 Å². The van der Waals surface area contributed by atoms with Gasteiger partial charge < -0.3 is 5.11 Å². The third kappa shape index (κ3) is 6.32. The minimum Gasteiger partial charge on any atom is -0.481 e. The summed E-state index contributed by atoms with van der Waals surface area (Å²) in [5.74, 6) is -0.712. The fraction of sp³-hybridized carbons (Fsp3) is 0.929. The largest absolute Gasteiger partial charge is 0.481 e. The smallest absolute Gasteiger partial charge is 0.303 e. The van der Waals surface area contributed by atoms with Crippen molar-refractivity contribution in [3.05, 3.63) is 0 Å². The van der Waals surface area contributed by atoms with Crippen LogP contribution in [0.1, 0.15) is 52.9 Å². The van der Waals surface area contributed by atoms with Gasteiger partial charge in [-0.1, -0.05) is 20.3 Å². The van der Waals surface area contributed by atoms with Gasteiger partial charge in [-0.25, -0.2) is 4.72 Å². The fourth-order valence-corrected chi connectivity index (χ4v) is 4.45. The molecule has 0 aromatic heterocycles. The zero-order valence-corrected chi connectivity index (χ0v) is 14.0. The minimum atomic E-state index is -3.51. The van der Waals surface area contributed by atoms with Gasteiger partial charge in [-0.3, -0.25) is 4.79 Å². The van der Waals surface area contributed by atoms with Gasteiger partial charge in [-0.2, -0.15) is 12.7 Å². The summed E-state index contributed by atoms with van der Waals surface area (Å²) in [5.41, 5.74) is 0. The van der Waals surface area contributed by atoms with Gasteiger partial charge in [0.1, 0.15) is 0 Å². The van der Waals surface area contributed by atoms with Gasteiger partial charge in [-0.05, 0) is 38.0 Å². The lowest BCUT2D eigenvalue weighted by Crippen LogP contribution is -2.49. The van der Waals surface area contributed by atoms with Crippen molar-refractivity contribution in [2.24, 2.45) is 11.8 Å². The first-order chi connectivity index (χ1) is 9.72. The molecular weight excluding hydrogens is 292 g/mol. The van der Waals surface area contributed by atoms with Crippen LogP contribution in [0.2, 0.25) is 0 Å². The molecule has 0 saturated carbocycles. The molecule has 1 aliphatic rings. The second-order valence-electron chi connectivity index (χ2n) is 6.40. The molecule has 0 amide bonds. The minimum absolute atomic E-state index is 0.00372. The Hall–Kier alpha value is -0.660. The van der Waals surface area contributed by atoms with Crippen LogP contribution in [0.25, 0.3) is 0 Å². The average Bonchev–Trinajstić information content (AvgIpc) is 2.35. The van der Waals surface area contributed by atoms with Crippen LogP contribution in [-0.4, -0.2) is 42.9 Å². The van der Waals surface area contributed by atoms with E-state index in [4.69, 9.17) is 5.11 Å². The maximum absolute atomic E-state index is 12.3. The highest BCUT2D eigenvalue weighted by Gasteiger charge is 2.30. The number of nitrogens with one attached hydrogen (secondary N) is 1. The molecule has 1 aliphatic heterocycles. The van der Waals surface area contributed by atoms with E-state index in [1.54, 1.807) is 0 Å². The molecule has 0 bridgehead atoms. The third-order valence-electron chi connectivity index (χ3n) is 3.87. The first kappa shape index (κ1) is 18.4. The average molecular weight is 320 g/mol. The first-order valence-corrected chi connectivity index (χ1v) is 9.14. The van der Waals surface area contributed by atoms with E-state index < -0.39 is 16.2 Å². The summed E-state index contributed by atoms with van der Waals surface area (Å²) in [4.78, 5) is 10.9. The standard InChI is InChI=1S/C14H28N2O4S/c1-11(2)8-13(9-14(17)18)10-15-21(19,20)16-7-5-4-6-12(16)3/h11-13,15H,4-10H2,1-3H3,(H,17,18). The molecule has 124 valence electrons. The van der Waals surface area contributed by atoms with Crippen molar-refractivity contribution >= 4 is 16.2 Å². The molecule has 7 heteroatoms. The lowest BCUT2D eigenvalue weighted by Gasteiger charge is -2.32. The second-order valence-corrected chi connectivity index (χ2v) is 8.11. The van der Waals surface area contributed by atoms with Gasteiger partial charge in [-0.15, -0.1) is 0 Å². The highest BCUT2D eigenvalue weighted by molar-refractivity contribution is 7.87. The molecule has 2 atom stereocenters. The molecule has 6 nitrogen and oxygen atoms in total. The van der Waals surface area contributed by atoms with Crippen molar-refractivity contribution in [1.29, 1.82) is 0 Å². The van der Waals surface area contributed by atoms with E-state index in [-0.39, 0.29) is 24.9 Å². The molecule has 1 heterocycles. The van der Waals surface area contributed by atoms with Crippen molar-refractivity contribution in [3.8, 4) is 0 Å². The monoisotopic (exact) mass is 320 g/mol. The molecule has 0 aliphatic carbocycles. The number of carbonyl (C=O) groups is 1. The van der Waals surface area contributed by atoms with Crippen molar-refractivity contribution in [2.75, 3.05) is 13.1 Å². The van der Waals surface area contributed by atoms with E-state index in [1.807, 2.05) is 20.8 Å². The summed E-state index contributed by atoms with van der Waals surface area (Å²) in [6.07, 6.45) is 3.52. The van der Waals surface area contributed by atoms with Crippen molar-refractivity contribution in [2.45, 2.75) is 58.9 Å². The maximum Gasteiger partial charge on any atom is 0.303 e. The summed E-state index contributed by atoms with van der Waals surface area (Å²) >= 11 is 0. The van der Waals surface area contributed by atoms with Crippen molar-refractivity contribution in [3.63, 3.8) is 0 Å². The van der Waals surface area contributed by atoms with Crippen LogP contribution in [0, 0.1) is 11.8 Å². The van der Waals surface area contributed by atoms with E-state index in [1.165, 1.54) is 4.31 Å². The van der Waals surface area contributed by atoms with Crippen LogP contribution in [0.3, 0.4) is 0 Å². The Kier molecular flexibility index (Phi) is 7.09. The molecule has 0 spiro atoms. The van der Waals surface area contributed by atoms with Crippen LogP contribution in [-0.2, 0) is 15.0 Å². The number of hydrogen-bond donors (Lipinski definition) is 2. The zero-order valence-electron chi connectivity index (χ0n) is 13.2. The molecule has 0 aromatic carbocycles. The maximum atomic E-state index is 12.3. The summed E-state index contributed by atoms with van der Waals surface area (Å²) in [6, 6.07) is 0.0132. The van der Waals surface area contributed by atoms with Gasteiger partial charge in [0.15, 0.2) is 0 Å². The number of carboxylic acid groups (broad SMARTS) is 1. The first-order valence-electron chi connectivity index (χ1n) is 7.70. The Morgan fingerprint density at radius 3 is 2.57 bits per heavy atom. The highest BCUT2D eigenvalue weighted by Crippen LogP contribution is 2.20. The van der Waals surface area contributed by atoms with Gasteiger partial charge in [0.05, 0.1) is 0 Å². The molecule has 0 radical (unpaired) electrons. The Labute approximate surface area is 128 Å². The number of nitrogens with zero attached hydrogens (tertiary/aromatic N) is 1. The van der Waals surface area contributed by atoms with E-state index in [9.17, 15) is 13.2 Å². The topological polar surface area (TPSA) is 86.7 Å². The van der Waals surface area contributed by atoms with E-state index in [0.29, 0.717) is 18.9 Å². The number of piperidine rings is 1. The molecule has 0 aromatic rings. The fourth-order valence-electron chi connectivity index (χ4n) is 2.89. The molecule has 2 N–H and O–H groups in total. The van der Waals surface area contributed by atoms with Gasteiger partial charge >= 0.3 is 5.97 Å². The number of rotatable bonds is 8. The Balaban J connectivity index is 2.61. The summed E-state index contributed by atoms with van der Waals surface area (Å²) in [7, 11) is -3.51. The number of hydrogen-bond acceptors (Lipinski definition) is 3. The number of aliphatic carboxylic acids is 1. The Morgan fingerprint density at radius 1 is 1.38 bits per heavy atom. The van der Waals surface area contributed by atoms with Gasteiger partial charge in [0.25, 0.3) is 10.2 Å². The van der Waals surface area contributed by atoms with Gasteiger partial charge in [0, 0.05) is 25.6 Å². The van der Waals surface area contributed by atoms with E-state index in [2.05, 4.69) is 4.72 Å². The molecule has 21 heavy (non-hydrogen) atoms. The summed E-state index contributed by atoms with van der Waals surface area (Å²) < 4.78 is 28.8. The SMILES string of the molecule is CC(C)CC(CNS(=O)(=O)N1CCCCC1C)CC(=O)O. The molecule has 1 saturated heterocycles. The molecule has 1 fully saturated rings. The summed E-state index contributed by atoms with van der Waals surface area (Å²) in [5, 5.41) is 8.93. The quantitative estimate of drug-likeness (QED) is 0.714. The van der Waals surface area contributed by atoms with Crippen LogP contribution in [0.15, 0.2) is 0 Å². The van der Waals surface area contributed by atoms with Gasteiger partial charge in [0.2, 0.25) is 0 Å². The van der Waals surface area contributed by atoms with E-state index in [0.717, 1.165) is 19.3 Å². The highest BCUT2D eigenvalue weighted by atomic mass is 32.2. The van der Waals surface area contributed by atoms with Crippen LogP contribution >= 0.6 is 0 Å². The molecule has 2 unspecified atom stereocenters. The number of carboxylic acids is 1. The second kappa shape index (κ2) is 8.10. The van der Waals surface area contributed by atoms with Crippen LogP contribution in [0.5, 0.6) is 0 Å². The normalized spacial score (nSPS) is 22.4. The Bertz CT molecular complexity index is 436. The van der Waals surface area contributed by atoms with Crippen LogP contribution < -0.4 is 4.72 Å². The molecular formula is C14H28N2O4S. The lowest BCUT2D eigenvalue weighted by atomic mass is 9.94. The van der Waals surface area contributed by atoms with Crippen molar-refractivity contribution in [1.82, 2.24) is 9.03 Å². The summed E-state index contributed by atoms with van der Waals surface area (Å²) in [6.45, 7) is 6.67. The predicted molar refractivity (Wildman–Crippen MR) is 82.1 cm³/mol. The lowest BCUT2D eigenvalue weighted by molar-refractivity contribution is -0.138. The van der Waals surface area contributed by atoms with E-state index >= 15 is 0 Å².